The molecule has 0 aliphatic carbocycles. The zero-order valence-electron chi connectivity index (χ0n) is 13.3. The number of hydrogen-bond acceptors (Lipinski definition) is 8. The van der Waals surface area contributed by atoms with Crippen molar-refractivity contribution in [1.29, 1.82) is 0 Å². The highest BCUT2D eigenvalue weighted by Crippen LogP contribution is 2.32. The highest BCUT2D eigenvalue weighted by molar-refractivity contribution is 8.00. The summed E-state index contributed by atoms with van der Waals surface area (Å²) < 4.78 is 2.50. The van der Waals surface area contributed by atoms with E-state index in [9.17, 15) is 4.79 Å². The molecule has 0 saturated carbocycles. The number of rotatable bonds is 6. The van der Waals surface area contributed by atoms with Gasteiger partial charge in [-0.05, 0) is 45.8 Å². The van der Waals surface area contributed by atoms with Gasteiger partial charge in [0.05, 0.1) is 12.7 Å². The number of carbonyl (C=O) groups excluding carboxylic acids is 1. The Balaban J connectivity index is 1.43. The molecule has 0 bridgehead atoms. The molecular formula is C16H12N6OS3. The molecule has 0 atom stereocenters. The number of thiophene rings is 1. The van der Waals surface area contributed by atoms with Gasteiger partial charge in [0, 0.05) is 10.4 Å². The zero-order chi connectivity index (χ0) is 17.8. The maximum absolute atomic E-state index is 12.2. The summed E-state index contributed by atoms with van der Waals surface area (Å²) in [5.74, 6) is -0.159. The Hall–Kier alpha value is -2.56. The summed E-state index contributed by atoms with van der Waals surface area (Å²) in [5.41, 5.74) is 0.606. The number of nitrogens with zero attached hydrogens (tertiary/aromatic N) is 5. The van der Waals surface area contributed by atoms with Gasteiger partial charge in [0.2, 0.25) is 5.16 Å². The zero-order valence-corrected chi connectivity index (χ0v) is 15.7. The van der Waals surface area contributed by atoms with Gasteiger partial charge in [0.1, 0.15) is 5.00 Å². The molecular weight excluding hydrogens is 388 g/mol. The maximum Gasteiger partial charge on any atom is 0.256 e. The van der Waals surface area contributed by atoms with E-state index >= 15 is 0 Å². The fraction of sp³-hybridized carbons (Fsp3) is 0.0625. The molecule has 0 spiro atoms. The topological polar surface area (TPSA) is 85.6 Å². The summed E-state index contributed by atoms with van der Waals surface area (Å²) in [6.07, 6.45) is 1.64. The SMILES string of the molecule is O=C(Nc1cnc(Sc2nnnn2Cc2cccs2)s1)c1ccccc1. The highest BCUT2D eigenvalue weighted by atomic mass is 32.2. The second-order valence-electron chi connectivity index (χ2n) is 5.11. The molecule has 3 heterocycles. The molecule has 0 aliphatic rings. The van der Waals surface area contributed by atoms with E-state index in [1.165, 1.54) is 28.0 Å². The van der Waals surface area contributed by atoms with Crippen molar-refractivity contribution in [1.82, 2.24) is 25.2 Å². The van der Waals surface area contributed by atoms with E-state index in [2.05, 4.69) is 25.8 Å². The first kappa shape index (κ1) is 16.9. The van der Waals surface area contributed by atoms with Crippen LogP contribution in [0.3, 0.4) is 0 Å². The number of nitrogens with one attached hydrogen (secondary N) is 1. The molecule has 0 fully saturated rings. The fourth-order valence-corrected chi connectivity index (χ4v) is 4.57. The van der Waals surface area contributed by atoms with E-state index in [-0.39, 0.29) is 5.91 Å². The van der Waals surface area contributed by atoms with Crippen LogP contribution in [0, 0.1) is 0 Å². The van der Waals surface area contributed by atoms with Gasteiger partial charge in [-0.25, -0.2) is 9.67 Å². The number of carbonyl (C=O) groups is 1. The lowest BCUT2D eigenvalue weighted by atomic mass is 10.2. The number of thiazole rings is 1. The van der Waals surface area contributed by atoms with Crippen LogP contribution in [0.15, 0.2) is 63.5 Å². The van der Waals surface area contributed by atoms with Crippen LogP contribution in [0.5, 0.6) is 0 Å². The Labute approximate surface area is 161 Å². The standard InChI is InChI=1S/C16H12N6OS3/c23-14(11-5-2-1-3-6-11)18-13-9-17-16(25-13)26-15-19-20-21-22(15)10-12-7-4-8-24-12/h1-9H,10H2,(H,18,23). The Bertz CT molecular complexity index is 996. The van der Waals surface area contributed by atoms with Crippen molar-refractivity contribution in [3.63, 3.8) is 0 Å². The van der Waals surface area contributed by atoms with Crippen molar-refractivity contribution in [2.45, 2.75) is 16.0 Å². The molecule has 7 nitrogen and oxygen atoms in total. The molecule has 0 unspecified atom stereocenters. The van der Waals surface area contributed by atoms with Gasteiger partial charge in [-0.3, -0.25) is 4.79 Å². The van der Waals surface area contributed by atoms with Gasteiger partial charge in [-0.1, -0.05) is 35.6 Å². The Kier molecular flexibility index (Phi) is 5.04. The molecule has 0 saturated heterocycles. The minimum absolute atomic E-state index is 0.159. The summed E-state index contributed by atoms with van der Waals surface area (Å²) >= 11 is 4.42. The highest BCUT2D eigenvalue weighted by Gasteiger charge is 2.13. The molecule has 1 N–H and O–H groups in total. The predicted octanol–water partition coefficient (Wildman–Crippen LogP) is 3.64. The van der Waals surface area contributed by atoms with Crippen LogP contribution in [0.25, 0.3) is 0 Å². The van der Waals surface area contributed by atoms with Crippen LogP contribution in [0.4, 0.5) is 5.00 Å². The Morgan fingerprint density at radius 1 is 1.19 bits per heavy atom. The molecule has 130 valence electrons. The summed E-state index contributed by atoms with van der Waals surface area (Å²) in [6, 6.07) is 13.1. The van der Waals surface area contributed by atoms with Crippen LogP contribution in [0.2, 0.25) is 0 Å². The smallest absolute Gasteiger partial charge is 0.256 e. The lowest BCUT2D eigenvalue weighted by Gasteiger charge is -2.01. The predicted molar refractivity (Wildman–Crippen MR) is 102 cm³/mol. The van der Waals surface area contributed by atoms with Gasteiger partial charge in [-0.15, -0.1) is 16.4 Å². The first-order chi connectivity index (χ1) is 12.8. The van der Waals surface area contributed by atoms with Gasteiger partial charge in [0.25, 0.3) is 5.91 Å². The first-order valence-electron chi connectivity index (χ1n) is 7.56. The van der Waals surface area contributed by atoms with Crippen LogP contribution < -0.4 is 5.32 Å². The van der Waals surface area contributed by atoms with Crippen molar-refractivity contribution in [2.24, 2.45) is 0 Å². The number of tetrazole rings is 1. The molecule has 26 heavy (non-hydrogen) atoms. The van der Waals surface area contributed by atoms with E-state index in [0.29, 0.717) is 22.3 Å². The number of anilines is 1. The van der Waals surface area contributed by atoms with E-state index in [1.807, 2.05) is 35.7 Å². The number of aromatic nitrogens is 5. The van der Waals surface area contributed by atoms with E-state index in [1.54, 1.807) is 34.3 Å². The quantitative estimate of drug-likeness (QED) is 0.532. The normalized spacial score (nSPS) is 10.8. The van der Waals surface area contributed by atoms with Crippen molar-refractivity contribution < 1.29 is 4.79 Å². The van der Waals surface area contributed by atoms with Gasteiger partial charge < -0.3 is 5.32 Å². The average Bonchev–Trinajstić information content (AvgIpc) is 3.41. The minimum atomic E-state index is -0.159. The molecule has 1 amide bonds. The van der Waals surface area contributed by atoms with Crippen molar-refractivity contribution in [2.75, 3.05) is 5.32 Å². The van der Waals surface area contributed by atoms with Gasteiger partial charge in [0.15, 0.2) is 4.34 Å². The second kappa shape index (κ2) is 7.77. The number of benzene rings is 1. The van der Waals surface area contributed by atoms with Crippen LogP contribution in [-0.4, -0.2) is 31.1 Å². The molecule has 4 aromatic rings. The summed E-state index contributed by atoms with van der Waals surface area (Å²) in [5, 5.41) is 18.1. The third kappa shape index (κ3) is 3.98. The average molecular weight is 401 g/mol. The van der Waals surface area contributed by atoms with Crippen LogP contribution in [-0.2, 0) is 6.54 Å². The van der Waals surface area contributed by atoms with Crippen molar-refractivity contribution in [3.05, 3.63) is 64.5 Å². The van der Waals surface area contributed by atoms with Crippen molar-refractivity contribution >= 4 is 45.3 Å². The molecule has 4 rings (SSSR count). The summed E-state index contributed by atoms with van der Waals surface area (Å²) in [4.78, 5) is 17.7. The van der Waals surface area contributed by atoms with Crippen LogP contribution in [0.1, 0.15) is 15.2 Å². The lowest BCUT2D eigenvalue weighted by Crippen LogP contribution is -2.10. The lowest BCUT2D eigenvalue weighted by molar-refractivity contribution is 0.102. The third-order valence-corrected chi connectivity index (χ3v) is 6.14. The summed E-state index contributed by atoms with van der Waals surface area (Å²) in [6.45, 7) is 0.621. The largest absolute Gasteiger partial charge is 0.312 e. The van der Waals surface area contributed by atoms with E-state index < -0.39 is 0 Å². The Morgan fingerprint density at radius 3 is 2.88 bits per heavy atom. The molecule has 3 aromatic heterocycles. The van der Waals surface area contributed by atoms with E-state index in [4.69, 9.17) is 0 Å². The maximum atomic E-state index is 12.2. The molecule has 1 aromatic carbocycles. The number of hydrogen-bond donors (Lipinski definition) is 1. The monoisotopic (exact) mass is 400 g/mol. The second-order valence-corrected chi connectivity index (χ2v) is 8.39. The van der Waals surface area contributed by atoms with Gasteiger partial charge >= 0.3 is 0 Å². The molecule has 0 radical (unpaired) electrons. The van der Waals surface area contributed by atoms with Crippen LogP contribution >= 0.6 is 34.4 Å². The van der Waals surface area contributed by atoms with Crippen molar-refractivity contribution in [3.8, 4) is 0 Å². The third-order valence-electron chi connectivity index (χ3n) is 3.32. The summed E-state index contributed by atoms with van der Waals surface area (Å²) in [7, 11) is 0. The van der Waals surface area contributed by atoms with Gasteiger partial charge in [-0.2, -0.15) is 0 Å². The molecule has 0 aliphatic heterocycles. The molecule has 10 heteroatoms. The fourth-order valence-electron chi connectivity index (χ4n) is 2.13. The Morgan fingerprint density at radius 2 is 2.08 bits per heavy atom. The number of amides is 1. The van der Waals surface area contributed by atoms with E-state index in [0.717, 1.165) is 4.34 Å². The first-order valence-corrected chi connectivity index (χ1v) is 10.1. The minimum Gasteiger partial charge on any atom is -0.312 e.